The number of nitrogens with one attached hydrogen (secondary N) is 1. The maximum atomic E-state index is 13.5. The zero-order valence-corrected chi connectivity index (χ0v) is 11.6. The molecule has 0 spiro atoms. The van der Waals surface area contributed by atoms with Crippen molar-refractivity contribution in [3.63, 3.8) is 0 Å². The molecule has 2 aromatic rings. The fourth-order valence-electron chi connectivity index (χ4n) is 1.75. The van der Waals surface area contributed by atoms with Gasteiger partial charge in [-0.15, -0.1) is 0 Å². The molecule has 0 radical (unpaired) electrons. The number of carbonyl (C=O) groups is 1. The van der Waals surface area contributed by atoms with Gasteiger partial charge in [-0.25, -0.2) is 8.78 Å². The molecule has 0 aliphatic rings. The van der Waals surface area contributed by atoms with E-state index in [1.807, 2.05) is 6.07 Å². The van der Waals surface area contributed by atoms with Gasteiger partial charge in [0.2, 0.25) is 0 Å². The average Bonchev–Trinajstić information content (AvgIpc) is 2.51. The molecule has 1 amide bonds. The average molecular weight is 302 g/mol. The van der Waals surface area contributed by atoms with Gasteiger partial charge in [0.05, 0.1) is 5.56 Å². The Kier molecular flexibility index (Phi) is 4.69. The molecule has 1 atom stereocenters. The van der Waals surface area contributed by atoms with Crippen molar-refractivity contribution in [2.45, 2.75) is 13.0 Å². The summed E-state index contributed by atoms with van der Waals surface area (Å²) >= 11 is 0. The fraction of sp³-hybridized carbons (Fsp3) is 0.125. The Bertz CT molecular complexity index is 721. The first kappa shape index (κ1) is 15.4. The fourth-order valence-corrected chi connectivity index (χ4v) is 1.75. The second kappa shape index (κ2) is 6.68. The van der Waals surface area contributed by atoms with Gasteiger partial charge in [-0.3, -0.25) is 4.79 Å². The minimum absolute atomic E-state index is 0.224. The second-order valence-electron chi connectivity index (χ2n) is 4.45. The smallest absolute Gasteiger partial charge is 0.265 e. The van der Waals surface area contributed by atoms with Gasteiger partial charge in [-0.05, 0) is 31.2 Å². The van der Waals surface area contributed by atoms with E-state index in [0.29, 0.717) is 0 Å². The molecule has 1 N–H and O–H groups in total. The number of ether oxygens (including phenoxy) is 1. The van der Waals surface area contributed by atoms with Crippen molar-refractivity contribution in [2.24, 2.45) is 0 Å². The molecule has 1 unspecified atom stereocenters. The normalized spacial score (nSPS) is 11.4. The van der Waals surface area contributed by atoms with Crippen LogP contribution in [0.2, 0.25) is 0 Å². The number of carbonyl (C=O) groups excluding carboxylic acids is 1. The Hall–Kier alpha value is -2.94. The lowest BCUT2D eigenvalue weighted by atomic mass is 10.2. The van der Waals surface area contributed by atoms with Crippen LogP contribution in [0.25, 0.3) is 0 Å². The van der Waals surface area contributed by atoms with Gasteiger partial charge in [0, 0.05) is 0 Å². The highest BCUT2D eigenvalue weighted by Crippen LogP contribution is 2.21. The van der Waals surface area contributed by atoms with Crippen molar-refractivity contribution >= 4 is 11.6 Å². The summed E-state index contributed by atoms with van der Waals surface area (Å²) in [5.41, 5.74) is -0.268. The highest BCUT2D eigenvalue weighted by Gasteiger charge is 2.19. The van der Waals surface area contributed by atoms with Crippen molar-refractivity contribution in [3.8, 4) is 11.8 Å². The standard InChI is InChI=1S/C16H12F2N2O2/c1-10(22-14-8-3-2-5-11(14)9-19)16(21)20-15-12(17)6-4-7-13(15)18/h2-8,10H,1H3,(H,20,21). The highest BCUT2D eigenvalue weighted by molar-refractivity contribution is 5.94. The minimum atomic E-state index is -1.03. The highest BCUT2D eigenvalue weighted by atomic mass is 19.1. The third kappa shape index (κ3) is 3.38. The first-order valence-corrected chi connectivity index (χ1v) is 6.43. The Morgan fingerprint density at radius 3 is 2.45 bits per heavy atom. The third-order valence-corrected chi connectivity index (χ3v) is 2.89. The molecule has 4 nitrogen and oxygen atoms in total. The molecule has 0 aliphatic carbocycles. The molecule has 0 aliphatic heterocycles. The zero-order valence-electron chi connectivity index (χ0n) is 11.6. The number of hydrogen-bond acceptors (Lipinski definition) is 3. The SMILES string of the molecule is CC(Oc1ccccc1C#N)C(=O)Nc1c(F)cccc1F. The Morgan fingerprint density at radius 2 is 1.82 bits per heavy atom. The number of benzene rings is 2. The summed E-state index contributed by atoms with van der Waals surface area (Å²) in [6, 6.07) is 11.6. The first-order valence-electron chi connectivity index (χ1n) is 6.43. The molecule has 6 heteroatoms. The van der Waals surface area contributed by atoms with Crippen LogP contribution in [0.1, 0.15) is 12.5 Å². The van der Waals surface area contributed by atoms with Gasteiger partial charge >= 0.3 is 0 Å². The van der Waals surface area contributed by atoms with Gasteiger partial charge < -0.3 is 10.1 Å². The number of hydrogen-bond donors (Lipinski definition) is 1. The second-order valence-corrected chi connectivity index (χ2v) is 4.45. The molecule has 112 valence electrons. The van der Waals surface area contributed by atoms with Crippen molar-refractivity contribution in [3.05, 3.63) is 59.7 Å². The number of para-hydroxylation sites is 2. The lowest BCUT2D eigenvalue weighted by Gasteiger charge is -2.16. The van der Waals surface area contributed by atoms with Gasteiger partial charge in [0.15, 0.2) is 6.10 Å². The van der Waals surface area contributed by atoms with E-state index < -0.39 is 29.3 Å². The molecule has 0 saturated heterocycles. The van der Waals surface area contributed by atoms with Crippen LogP contribution in [0.15, 0.2) is 42.5 Å². The van der Waals surface area contributed by atoms with Gasteiger partial charge in [-0.1, -0.05) is 18.2 Å². The van der Waals surface area contributed by atoms with E-state index in [1.165, 1.54) is 25.1 Å². The monoisotopic (exact) mass is 302 g/mol. The van der Waals surface area contributed by atoms with Crippen LogP contribution in [-0.4, -0.2) is 12.0 Å². The maximum absolute atomic E-state index is 13.5. The lowest BCUT2D eigenvalue weighted by Crippen LogP contribution is -2.31. The largest absolute Gasteiger partial charge is 0.480 e. The van der Waals surface area contributed by atoms with Gasteiger partial charge in [0.25, 0.3) is 5.91 Å². The summed E-state index contributed by atoms with van der Waals surface area (Å²) in [6.07, 6.45) is -1.03. The van der Waals surface area contributed by atoms with E-state index in [1.54, 1.807) is 12.1 Å². The molecular formula is C16H12F2N2O2. The molecule has 2 rings (SSSR count). The minimum Gasteiger partial charge on any atom is -0.480 e. The molecule has 0 aromatic heterocycles. The Balaban J connectivity index is 2.12. The van der Waals surface area contributed by atoms with Crippen LogP contribution < -0.4 is 10.1 Å². The maximum Gasteiger partial charge on any atom is 0.265 e. The van der Waals surface area contributed by atoms with Crippen LogP contribution in [0.5, 0.6) is 5.75 Å². The van der Waals surface area contributed by atoms with Crippen LogP contribution in [0.4, 0.5) is 14.5 Å². The van der Waals surface area contributed by atoms with E-state index in [9.17, 15) is 13.6 Å². The van der Waals surface area contributed by atoms with Crippen molar-refractivity contribution < 1.29 is 18.3 Å². The number of amides is 1. The number of halogens is 2. The zero-order chi connectivity index (χ0) is 16.1. The molecule has 0 fully saturated rings. The van der Waals surface area contributed by atoms with E-state index in [2.05, 4.69) is 5.32 Å². The number of nitrogens with zero attached hydrogens (tertiary/aromatic N) is 1. The predicted molar refractivity (Wildman–Crippen MR) is 76.2 cm³/mol. The summed E-state index contributed by atoms with van der Waals surface area (Å²) in [5, 5.41) is 11.1. The summed E-state index contributed by atoms with van der Waals surface area (Å²) < 4.78 is 32.3. The summed E-state index contributed by atoms with van der Waals surface area (Å²) in [4.78, 5) is 12.0. The van der Waals surface area contributed by atoms with Crippen LogP contribution in [0.3, 0.4) is 0 Å². The lowest BCUT2D eigenvalue weighted by molar-refractivity contribution is -0.122. The Labute approximate surface area is 125 Å². The first-order chi connectivity index (χ1) is 10.5. The summed E-state index contributed by atoms with van der Waals surface area (Å²) in [7, 11) is 0. The van der Waals surface area contributed by atoms with Crippen LogP contribution in [0, 0.1) is 23.0 Å². The van der Waals surface area contributed by atoms with E-state index >= 15 is 0 Å². The summed E-state index contributed by atoms with van der Waals surface area (Å²) in [6.45, 7) is 1.42. The van der Waals surface area contributed by atoms with E-state index in [0.717, 1.165) is 12.1 Å². The molecular weight excluding hydrogens is 290 g/mol. The number of anilines is 1. The van der Waals surface area contributed by atoms with Crippen molar-refractivity contribution in [1.29, 1.82) is 5.26 Å². The molecule has 2 aromatic carbocycles. The van der Waals surface area contributed by atoms with Gasteiger partial charge in [0.1, 0.15) is 29.1 Å². The molecule has 0 bridgehead atoms. The van der Waals surface area contributed by atoms with Crippen LogP contribution in [-0.2, 0) is 4.79 Å². The number of nitriles is 1. The summed E-state index contributed by atoms with van der Waals surface area (Å²) in [5.74, 6) is -2.26. The van der Waals surface area contributed by atoms with Crippen molar-refractivity contribution in [1.82, 2.24) is 0 Å². The van der Waals surface area contributed by atoms with Gasteiger partial charge in [-0.2, -0.15) is 5.26 Å². The number of rotatable bonds is 4. The van der Waals surface area contributed by atoms with E-state index in [4.69, 9.17) is 10.00 Å². The molecule has 0 saturated carbocycles. The predicted octanol–water partition coefficient (Wildman–Crippen LogP) is 3.24. The van der Waals surface area contributed by atoms with E-state index in [-0.39, 0.29) is 11.3 Å². The van der Waals surface area contributed by atoms with Crippen molar-refractivity contribution in [2.75, 3.05) is 5.32 Å². The third-order valence-electron chi connectivity index (χ3n) is 2.89. The molecule has 22 heavy (non-hydrogen) atoms. The van der Waals surface area contributed by atoms with Crippen LogP contribution >= 0.6 is 0 Å². The Morgan fingerprint density at radius 1 is 1.18 bits per heavy atom. The molecule has 0 heterocycles. The quantitative estimate of drug-likeness (QED) is 0.943. The topological polar surface area (TPSA) is 62.1 Å².